The lowest BCUT2D eigenvalue weighted by atomic mass is 10.1. The number of carbonyl (C=O) groups excluding carboxylic acids is 1. The molecule has 1 saturated carbocycles. The molecule has 0 radical (unpaired) electrons. The molecule has 0 saturated heterocycles. The third-order valence-corrected chi connectivity index (χ3v) is 2.98. The SMILES string of the molecule is O=C(O)Cc1cccc(NC(=O)CNCC2CC2)c1. The zero-order chi connectivity index (χ0) is 13.7. The van der Waals surface area contributed by atoms with Gasteiger partial charge in [0.2, 0.25) is 5.91 Å². The Bertz CT molecular complexity index is 470. The molecule has 19 heavy (non-hydrogen) atoms. The lowest BCUT2D eigenvalue weighted by molar-refractivity contribution is -0.136. The molecule has 0 aliphatic heterocycles. The summed E-state index contributed by atoms with van der Waals surface area (Å²) in [4.78, 5) is 22.3. The summed E-state index contributed by atoms with van der Waals surface area (Å²) in [6.45, 7) is 1.19. The van der Waals surface area contributed by atoms with E-state index in [1.165, 1.54) is 12.8 Å². The van der Waals surface area contributed by atoms with Crippen LogP contribution in [0.4, 0.5) is 5.69 Å². The molecule has 0 atom stereocenters. The van der Waals surface area contributed by atoms with Crippen LogP contribution in [-0.2, 0) is 16.0 Å². The first-order chi connectivity index (χ1) is 9.13. The van der Waals surface area contributed by atoms with Crippen molar-refractivity contribution in [1.29, 1.82) is 0 Å². The summed E-state index contributed by atoms with van der Waals surface area (Å²) >= 11 is 0. The lowest BCUT2D eigenvalue weighted by Crippen LogP contribution is -2.29. The van der Waals surface area contributed by atoms with Crippen LogP contribution in [0.15, 0.2) is 24.3 Å². The van der Waals surface area contributed by atoms with E-state index >= 15 is 0 Å². The number of anilines is 1. The molecular weight excluding hydrogens is 244 g/mol. The largest absolute Gasteiger partial charge is 0.481 e. The summed E-state index contributed by atoms with van der Waals surface area (Å²) in [7, 11) is 0. The van der Waals surface area contributed by atoms with Crippen molar-refractivity contribution in [3.63, 3.8) is 0 Å². The fourth-order valence-electron chi connectivity index (χ4n) is 1.85. The van der Waals surface area contributed by atoms with Crippen LogP contribution in [0.5, 0.6) is 0 Å². The second kappa shape index (κ2) is 6.33. The van der Waals surface area contributed by atoms with Gasteiger partial charge in [-0.15, -0.1) is 0 Å². The van der Waals surface area contributed by atoms with Gasteiger partial charge < -0.3 is 15.7 Å². The monoisotopic (exact) mass is 262 g/mol. The molecule has 1 aliphatic rings. The first kappa shape index (κ1) is 13.5. The molecule has 0 aromatic heterocycles. The zero-order valence-electron chi connectivity index (χ0n) is 10.7. The highest BCUT2D eigenvalue weighted by molar-refractivity contribution is 5.92. The molecule has 5 nitrogen and oxygen atoms in total. The maximum atomic E-state index is 11.7. The predicted molar refractivity (Wildman–Crippen MR) is 72.0 cm³/mol. The molecule has 5 heteroatoms. The molecule has 0 bridgehead atoms. The number of carboxylic acids is 1. The Balaban J connectivity index is 1.79. The molecule has 1 aliphatic carbocycles. The number of carbonyl (C=O) groups is 2. The summed E-state index contributed by atoms with van der Waals surface area (Å²) in [5.41, 5.74) is 1.31. The van der Waals surface area contributed by atoms with Gasteiger partial charge in [0, 0.05) is 5.69 Å². The van der Waals surface area contributed by atoms with Crippen molar-refractivity contribution in [3.05, 3.63) is 29.8 Å². The van der Waals surface area contributed by atoms with Gasteiger partial charge in [0.1, 0.15) is 0 Å². The van der Waals surface area contributed by atoms with Crippen molar-refractivity contribution < 1.29 is 14.7 Å². The number of hydrogen-bond acceptors (Lipinski definition) is 3. The van der Waals surface area contributed by atoms with Crippen molar-refractivity contribution in [2.75, 3.05) is 18.4 Å². The first-order valence-corrected chi connectivity index (χ1v) is 6.45. The molecule has 0 spiro atoms. The van der Waals surface area contributed by atoms with Gasteiger partial charge in [-0.1, -0.05) is 12.1 Å². The second-order valence-electron chi connectivity index (χ2n) is 4.89. The van der Waals surface area contributed by atoms with E-state index in [2.05, 4.69) is 10.6 Å². The second-order valence-corrected chi connectivity index (χ2v) is 4.89. The van der Waals surface area contributed by atoms with Gasteiger partial charge in [0.25, 0.3) is 0 Å². The number of amides is 1. The highest BCUT2D eigenvalue weighted by Gasteiger charge is 2.20. The number of hydrogen-bond donors (Lipinski definition) is 3. The Hall–Kier alpha value is -1.88. The van der Waals surface area contributed by atoms with E-state index < -0.39 is 5.97 Å². The molecule has 0 unspecified atom stereocenters. The minimum absolute atomic E-state index is 0.0381. The van der Waals surface area contributed by atoms with Crippen LogP contribution >= 0.6 is 0 Å². The van der Waals surface area contributed by atoms with Crippen LogP contribution in [-0.4, -0.2) is 30.1 Å². The third kappa shape index (κ3) is 5.09. The number of carboxylic acid groups (broad SMARTS) is 1. The molecule has 2 rings (SSSR count). The zero-order valence-corrected chi connectivity index (χ0v) is 10.7. The smallest absolute Gasteiger partial charge is 0.307 e. The maximum absolute atomic E-state index is 11.7. The van der Waals surface area contributed by atoms with Gasteiger partial charge in [-0.2, -0.15) is 0 Å². The number of aliphatic carboxylic acids is 1. The first-order valence-electron chi connectivity index (χ1n) is 6.45. The van der Waals surface area contributed by atoms with Crippen molar-refractivity contribution in [1.82, 2.24) is 5.32 Å². The van der Waals surface area contributed by atoms with Crippen molar-refractivity contribution in [3.8, 4) is 0 Å². The van der Waals surface area contributed by atoms with E-state index in [-0.39, 0.29) is 12.3 Å². The van der Waals surface area contributed by atoms with Crippen LogP contribution < -0.4 is 10.6 Å². The Morgan fingerprint density at radius 2 is 2.11 bits per heavy atom. The van der Waals surface area contributed by atoms with Gasteiger partial charge in [-0.25, -0.2) is 0 Å². The van der Waals surface area contributed by atoms with Crippen molar-refractivity contribution in [2.24, 2.45) is 5.92 Å². The van der Waals surface area contributed by atoms with E-state index in [1.807, 2.05) is 0 Å². The van der Waals surface area contributed by atoms with Gasteiger partial charge in [-0.3, -0.25) is 9.59 Å². The molecule has 3 N–H and O–H groups in total. The number of nitrogens with one attached hydrogen (secondary N) is 2. The highest BCUT2D eigenvalue weighted by atomic mass is 16.4. The Kier molecular flexibility index (Phi) is 4.52. The molecular formula is C14H18N2O3. The molecule has 1 aromatic carbocycles. The van der Waals surface area contributed by atoms with E-state index in [4.69, 9.17) is 5.11 Å². The highest BCUT2D eigenvalue weighted by Crippen LogP contribution is 2.27. The molecule has 1 aromatic rings. The van der Waals surface area contributed by atoms with Gasteiger partial charge in [0.15, 0.2) is 0 Å². The van der Waals surface area contributed by atoms with Crippen LogP contribution in [0.3, 0.4) is 0 Å². The van der Waals surface area contributed by atoms with E-state index in [0.717, 1.165) is 12.5 Å². The van der Waals surface area contributed by atoms with Crippen molar-refractivity contribution in [2.45, 2.75) is 19.3 Å². The van der Waals surface area contributed by atoms with Crippen molar-refractivity contribution >= 4 is 17.6 Å². The van der Waals surface area contributed by atoms with Gasteiger partial charge in [0.05, 0.1) is 13.0 Å². The number of rotatable bonds is 7. The maximum Gasteiger partial charge on any atom is 0.307 e. The molecule has 1 amide bonds. The van der Waals surface area contributed by atoms with E-state index in [0.29, 0.717) is 17.8 Å². The summed E-state index contributed by atoms with van der Waals surface area (Å²) in [5, 5.41) is 14.6. The fraction of sp³-hybridized carbons (Fsp3) is 0.429. The van der Waals surface area contributed by atoms with Gasteiger partial charge >= 0.3 is 5.97 Å². The summed E-state index contributed by atoms with van der Waals surface area (Å²) in [6, 6.07) is 6.91. The summed E-state index contributed by atoms with van der Waals surface area (Å²) in [5.74, 6) is -0.241. The Labute approximate surface area is 112 Å². The predicted octanol–water partition coefficient (Wildman–Crippen LogP) is 1.25. The lowest BCUT2D eigenvalue weighted by Gasteiger charge is -2.07. The summed E-state index contributed by atoms with van der Waals surface area (Å²) in [6.07, 6.45) is 2.47. The molecule has 0 heterocycles. The quantitative estimate of drug-likeness (QED) is 0.691. The number of benzene rings is 1. The standard InChI is InChI=1S/C14H18N2O3/c17-13(9-15-8-10-4-5-10)16-12-3-1-2-11(6-12)7-14(18)19/h1-3,6,10,15H,4-5,7-9H2,(H,16,17)(H,18,19). The minimum Gasteiger partial charge on any atom is -0.481 e. The normalized spacial score (nSPS) is 14.1. The molecule has 1 fully saturated rings. The third-order valence-electron chi connectivity index (χ3n) is 2.98. The summed E-state index contributed by atoms with van der Waals surface area (Å²) < 4.78 is 0. The van der Waals surface area contributed by atoms with Crippen LogP contribution in [0, 0.1) is 5.92 Å². The Morgan fingerprint density at radius 1 is 1.32 bits per heavy atom. The van der Waals surface area contributed by atoms with E-state index in [9.17, 15) is 9.59 Å². The molecule has 102 valence electrons. The van der Waals surface area contributed by atoms with E-state index in [1.54, 1.807) is 24.3 Å². The van der Waals surface area contributed by atoms with Crippen LogP contribution in [0.1, 0.15) is 18.4 Å². The average molecular weight is 262 g/mol. The van der Waals surface area contributed by atoms with Crippen LogP contribution in [0.25, 0.3) is 0 Å². The fourth-order valence-corrected chi connectivity index (χ4v) is 1.85. The van der Waals surface area contributed by atoms with Gasteiger partial charge in [-0.05, 0) is 43.0 Å². The average Bonchev–Trinajstić information content (AvgIpc) is 3.12. The van der Waals surface area contributed by atoms with Crippen LogP contribution in [0.2, 0.25) is 0 Å². The topological polar surface area (TPSA) is 78.4 Å². The Morgan fingerprint density at radius 3 is 2.79 bits per heavy atom. The minimum atomic E-state index is -0.880.